The van der Waals surface area contributed by atoms with E-state index in [9.17, 15) is 8.42 Å². The zero-order valence-electron chi connectivity index (χ0n) is 9.99. The molecule has 0 saturated heterocycles. The first-order valence-corrected chi connectivity index (χ1v) is 7.29. The molecule has 0 unspecified atom stereocenters. The number of hydrogen-bond donors (Lipinski definition) is 2. The van der Waals surface area contributed by atoms with Crippen LogP contribution in [0.3, 0.4) is 0 Å². The number of pyridine rings is 1. The molecule has 1 rings (SSSR count). The molecule has 0 fully saturated rings. The lowest BCUT2D eigenvalue weighted by atomic mass is 10.1. The molecule has 1 heterocycles. The zero-order valence-corrected chi connectivity index (χ0v) is 11.6. The predicted octanol–water partition coefficient (Wildman–Crippen LogP) is 1.47. The van der Waals surface area contributed by atoms with Crippen molar-refractivity contribution in [3.63, 3.8) is 0 Å². The number of halogens is 1. The van der Waals surface area contributed by atoms with Gasteiger partial charge in [0.2, 0.25) is 10.0 Å². The monoisotopic (exact) mass is 277 g/mol. The highest BCUT2D eigenvalue weighted by atomic mass is 35.5. The van der Waals surface area contributed by atoms with Crippen molar-refractivity contribution >= 4 is 27.3 Å². The van der Waals surface area contributed by atoms with Crippen molar-refractivity contribution in [1.82, 2.24) is 9.71 Å². The normalized spacial score (nSPS) is 12.5. The van der Waals surface area contributed by atoms with Crippen LogP contribution < -0.4 is 10.0 Å². The van der Waals surface area contributed by atoms with Crippen LogP contribution in [0, 0.1) is 0 Å². The molecule has 1 aromatic rings. The van der Waals surface area contributed by atoms with Crippen LogP contribution in [0.1, 0.15) is 13.8 Å². The molecule has 5 nitrogen and oxygen atoms in total. The fourth-order valence-electron chi connectivity index (χ4n) is 1.37. The van der Waals surface area contributed by atoms with E-state index >= 15 is 0 Å². The van der Waals surface area contributed by atoms with Gasteiger partial charge >= 0.3 is 0 Å². The minimum absolute atomic E-state index is 0.392. The van der Waals surface area contributed by atoms with Gasteiger partial charge in [-0.1, -0.05) is 11.6 Å². The molecule has 0 aliphatic carbocycles. The molecular weight excluding hydrogens is 262 g/mol. The minimum Gasteiger partial charge on any atom is -0.383 e. The van der Waals surface area contributed by atoms with Gasteiger partial charge in [-0.25, -0.2) is 18.1 Å². The van der Waals surface area contributed by atoms with Crippen LogP contribution in [0.15, 0.2) is 18.3 Å². The van der Waals surface area contributed by atoms with E-state index in [-0.39, 0.29) is 0 Å². The average Bonchev–Trinajstić information content (AvgIpc) is 2.11. The third-order valence-corrected chi connectivity index (χ3v) is 3.05. The van der Waals surface area contributed by atoms with Crippen molar-refractivity contribution in [3.8, 4) is 0 Å². The van der Waals surface area contributed by atoms with Gasteiger partial charge in [-0.15, -0.1) is 0 Å². The van der Waals surface area contributed by atoms with Crippen LogP contribution in [-0.4, -0.2) is 31.7 Å². The molecule has 0 saturated carbocycles. The van der Waals surface area contributed by atoms with Crippen molar-refractivity contribution in [2.75, 3.05) is 18.1 Å². The highest BCUT2D eigenvalue weighted by Crippen LogP contribution is 2.13. The van der Waals surface area contributed by atoms with Gasteiger partial charge in [-0.2, -0.15) is 0 Å². The van der Waals surface area contributed by atoms with Gasteiger partial charge in [0, 0.05) is 24.0 Å². The Morgan fingerprint density at radius 3 is 2.65 bits per heavy atom. The molecule has 0 amide bonds. The van der Waals surface area contributed by atoms with Crippen molar-refractivity contribution in [2.45, 2.75) is 19.4 Å². The fraction of sp³-hybridized carbons (Fsp3) is 0.500. The van der Waals surface area contributed by atoms with E-state index < -0.39 is 15.6 Å². The quantitative estimate of drug-likeness (QED) is 0.800. The predicted molar refractivity (Wildman–Crippen MR) is 69.8 cm³/mol. The molecule has 0 aromatic carbocycles. The number of nitrogens with one attached hydrogen (secondary N) is 2. The highest BCUT2D eigenvalue weighted by Gasteiger charge is 2.21. The van der Waals surface area contributed by atoms with Crippen LogP contribution in [0.5, 0.6) is 0 Å². The van der Waals surface area contributed by atoms with Crippen molar-refractivity contribution < 1.29 is 8.42 Å². The van der Waals surface area contributed by atoms with Gasteiger partial charge in [0.05, 0.1) is 6.26 Å². The van der Waals surface area contributed by atoms with Gasteiger partial charge in [-0.3, -0.25) is 0 Å². The van der Waals surface area contributed by atoms with E-state index in [1.54, 1.807) is 32.2 Å². The molecular formula is C10H16ClN3O2S. The molecule has 7 heteroatoms. The van der Waals surface area contributed by atoms with Gasteiger partial charge in [0.1, 0.15) is 5.15 Å². The first kappa shape index (κ1) is 14.2. The molecule has 0 radical (unpaired) electrons. The number of aromatic nitrogens is 1. The molecule has 17 heavy (non-hydrogen) atoms. The lowest BCUT2D eigenvalue weighted by Crippen LogP contribution is -2.47. The number of sulfonamides is 1. The van der Waals surface area contributed by atoms with Gasteiger partial charge < -0.3 is 5.32 Å². The van der Waals surface area contributed by atoms with E-state index in [1.807, 2.05) is 0 Å². The summed E-state index contributed by atoms with van der Waals surface area (Å²) in [5, 5.41) is 3.49. The SMILES string of the molecule is CC(C)(CNc1ccnc(Cl)c1)NS(C)(=O)=O. The smallest absolute Gasteiger partial charge is 0.209 e. The second-order valence-corrected chi connectivity index (χ2v) is 6.61. The Balaban J connectivity index is 2.61. The molecule has 2 N–H and O–H groups in total. The van der Waals surface area contributed by atoms with Crippen LogP contribution in [0.4, 0.5) is 5.69 Å². The van der Waals surface area contributed by atoms with Crippen LogP contribution >= 0.6 is 11.6 Å². The topological polar surface area (TPSA) is 71.1 Å². The van der Waals surface area contributed by atoms with Gasteiger partial charge in [0.15, 0.2) is 0 Å². The summed E-state index contributed by atoms with van der Waals surface area (Å²) in [5.41, 5.74) is 0.219. The Morgan fingerprint density at radius 1 is 1.47 bits per heavy atom. The largest absolute Gasteiger partial charge is 0.383 e. The maximum atomic E-state index is 11.1. The average molecular weight is 278 g/mol. The third-order valence-electron chi connectivity index (χ3n) is 1.92. The lowest BCUT2D eigenvalue weighted by molar-refractivity contribution is 0.476. The molecule has 0 bridgehead atoms. The van der Waals surface area contributed by atoms with Crippen LogP contribution in [-0.2, 0) is 10.0 Å². The Bertz CT molecular complexity index is 488. The third kappa shape index (κ3) is 5.86. The first-order chi connectivity index (χ1) is 7.68. The fourth-order valence-corrected chi connectivity index (χ4v) is 2.62. The number of rotatable bonds is 5. The van der Waals surface area contributed by atoms with Crippen molar-refractivity contribution in [1.29, 1.82) is 0 Å². The summed E-state index contributed by atoms with van der Waals surface area (Å²) in [5.74, 6) is 0. The maximum Gasteiger partial charge on any atom is 0.209 e. The van der Waals surface area contributed by atoms with E-state index in [2.05, 4.69) is 15.0 Å². The van der Waals surface area contributed by atoms with E-state index in [0.717, 1.165) is 11.9 Å². The van der Waals surface area contributed by atoms with E-state index in [0.29, 0.717) is 11.7 Å². The van der Waals surface area contributed by atoms with E-state index in [1.165, 1.54) is 0 Å². The molecule has 96 valence electrons. The number of nitrogens with zero attached hydrogens (tertiary/aromatic N) is 1. The van der Waals surface area contributed by atoms with Crippen LogP contribution in [0.25, 0.3) is 0 Å². The van der Waals surface area contributed by atoms with Gasteiger partial charge in [0.25, 0.3) is 0 Å². The summed E-state index contributed by atoms with van der Waals surface area (Å²) in [6.45, 7) is 4.04. The second kappa shape index (κ2) is 5.20. The summed E-state index contributed by atoms with van der Waals surface area (Å²) in [7, 11) is -3.22. The summed E-state index contributed by atoms with van der Waals surface area (Å²) in [4.78, 5) is 3.86. The standard InChI is InChI=1S/C10H16ClN3O2S/c1-10(2,14-17(3,15)16)7-13-8-4-5-12-9(11)6-8/h4-6,14H,7H2,1-3H3,(H,12,13). The van der Waals surface area contributed by atoms with Crippen molar-refractivity contribution in [3.05, 3.63) is 23.5 Å². The molecule has 0 aliphatic rings. The summed E-state index contributed by atoms with van der Waals surface area (Å²) < 4.78 is 24.8. The molecule has 0 aliphatic heterocycles. The number of anilines is 1. The highest BCUT2D eigenvalue weighted by molar-refractivity contribution is 7.88. The minimum atomic E-state index is -3.22. The Hall–Kier alpha value is -0.850. The first-order valence-electron chi connectivity index (χ1n) is 5.02. The summed E-state index contributed by atoms with van der Waals surface area (Å²) in [6, 6.07) is 3.44. The molecule has 0 spiro atoms. The zero-order chi connectivity index (χ0) is 13.1. The van der Waals surface area contributed by atoms with Crippen LogP contribution in [0.2, 0.25) is 5.15 Å². The van der Waals surface area contributed by atoms with E-state index in [4.69, 9.17) is 11.6 Å². The Labute approximate surface area is 107 Å². The summed E-state index contributed by atoms with van der Waals surface area (Å²) >= 11 is 5.74. The maximum absolute atomic E-state index is 11.1. The molecule has 1 aromatic heterocycles. The second-order valence-electron chi connectivity index (χ2n) is 4.48. The van der Waals surface area contributed by atoms with Gasteiger partial charge in [-0.05, 0) is 26.0 Å². The molecule has 0 atom stereocenters. The summed E-state index contributed by atoms with van der Waals surface area (Å²) in [6.07, 6.45) is 2.72. The van der Waals surface area contributed by atoms with Crippen molar-refractivity contribution in [2.24, 2.45) is 0 Å². The number of hydrogen-bond acceptors (Lipinski definition) is 4. The lowest BCUT2D eigenvalue weighted by Gasteiger charge is -2.25. The Kier molecular flexibility index (Phi) is 4.35. The Morgan fingerprint density at radius 2 is 2.12 bits per heavy atom.